The molecule has 0 atom stereocenters. The predicted molar refractivity (Wildman–Crippen MR) is 113 cm³/mol. The molecule has 0 unspecified atom stereocenters. The highest BCUT2D eigenvalue weighted by molar-refractivity contribution is 7.13. The van der Waals surface area contributed by atoms with Gasteiger partial charge in [0.1, 0.15) is 10.6 Å². The lowest BCUT2D eigenvalue weighted by atomic mass is 9.74. The molecule has 1 N–H and O–H groups in total. The Morgan fingerprint density at radius 2 is 1.96 bits per heavy atom. The molecular weight excluding hydrogens is 372 g/mol. The first kappa shape index (κ1) is 20.8. The number of hydrogen-bond acceptors (Lipinski definition) is 5. The Bertz CT molecular complexity index is 780. The lowest BCUT2D eigenvalue weighted by Crippen LogP contribution is -2.44. The number of nitrogens with one attached hydrogen (secondary N) is 1. The first-order valence-corrected chi connectivity index (χ1v) is 10.9. The summed E-state index contributed by atoms with van der Waals surface area (Å²) in [5, 5.41) is 4.23. The van der Waals surface area contributed by atoms with Crippen LogP contribution in [0.2, 0.25) is 0 Å². The fraction of sp³-hybridized carbons (Fsp3) is 0.545. The Morgan fingerprint density at radius 1 is 1.25 bits per heavy atom. The maximum Gasteiger partial charge on any atom is 0.263 e. The van der Waals surface area contributed by atoms with E-state index in [-0.39, 0.29) is 11.3 Å². The van der Waals surface area contributed by atoms with Crippen LogP contribution in [0.4, 0.5) is 0 Å². The van der Waals surface area contributed by atoms with Crippen molar-refractivity contribution in [2.75, 3.05) is 26.4 Å². The highest BCUT2D eigenvalue weighted by Crippen LogP contribution is 2.35. The van der Waals surface area contributed by atoms with Gasteiger partial charge < -0.3 is 14.8 Å². The van der Waals surface area contributed by atoms with Gasteiger partial charge in [-0.2, -0.15) is 0 Å². The second-order valence-corrected chi connectivity index (χ2v) is 8.39. The zero-order chi connectivity index (χ0) is 20.0. The quantitative estimate of drug-likeness (QED) is 0.716. The molecule has 2 aromatic rings. The second-order valence-electron chi connectivity index (χ2n) is 7.30. The molecule has 0 saturated carbocycles. The number of hydrogen-bond donors (Lipinski definition) is 1. The normalized spacial score (nSPS) is 16.0. The third-order valence-electron chi connectivity index (χ3n) is 5.33. The molecule has 1 aliphatic rings. The van der Waals surface area contributed by atoms with Crippen LogP contribution in [0.1, 0.15) is 59.0 Å². The van der Waals surface area contributed by atoms with Gasteiger partial charge in [-0.15, -0.1) is 11.3 Å². The number of thiazole rings is 1. The van der Waals surface area contributed by atoms with Crippen LogP contribution in [0.5, 0.6) is 5.75 Å². The van der Waals surface area contributed by atoms with Crippen molar-refractivity contribution >= 4 is 17.2 Å². The molecule has 152 valence electrons. The van der Waals surface area contributed by atoms with E-state index in [0.29, 0.717) is 26.4 Å². The van der Waals surface area contributed by atoms with E-state index in [2.05, 4.69) is 29.4 Å². The minimum atomic E-state index is -0.108. The van der Waals surface area contributed by atoms with Crippen molar-refractivity contribution in [1.82, 2.24) is 10.3 Å². The third kappa shape index (κ3) is 4.73. The molecule has 1 fully saturated rings. The van der Waals surface area contributed by atoms with Crippen molar-refractivity contribution in [3.05, 3.63) is 45.4 Å². The standard InChI is InChI=1S/C22H30N2O3S/c1-4-6-19-24-16(3)20(28-19)21(25)23-15-22(11-13-26-14-12-22)17-7-9-18(10-8-17)27-5-2/h7-10H,4-6,11-15H2,1-3H3,(H,23,25). The van der Waals surface area contributed by atoms with E-state index in [9.17, 15) is 4.79 Å². The number of ether oxygens (including phenoxy) is 2. The number of benzene rings is 1. The van der Waals surface area contributed by atoms with Gasteiger partial charge in [-0.05, 0) is 57.2 Å². The molecule has 0 radical (unpaired) electrons. The first-order valence-electron chi connectivity index (χ1n) is 10.1. The number of nitrogens with zero attached hydrogens (tertiary/aromatic N) is 1. The third-order valence-corrected chi connectivity index (χ3v) is 6.54. The Balaban J connectivity index is 1.74. The summed E-state index contributed by atoms with van der Waals surface area (Å²) in [5.74, 6) is 0.857. The Morgan fingerprint density at radius 3 is 2.61 bits per heavy atom. The summed E-state index contributed by atoms with van der Waals surface area (Å²) in [7, 11) is 0. The Hall–Kier alpha value is -1.92. The fourth-order valence-corrected chi connectivity index (χ4v) is 4.80. The zero-order valence-corrected chi connectivity index (χ0v) is 17.9. The minimum Gasteiger partial charge on any atom is -0.494 e. The van der Waals surface area contributed by atoms with E-state index in [4.69, 9.17) is 9.47 Å². The number of aryl methyl sites for hydroxylation is 2. The number of rotatable bonds is 8. The summed E-state index contributed by atoms with van der Waals surface area (Å²) < 4.78 is 11.2. The molecule has 0 bridgehead atoms. The van der Waals surface area contributed by atoms with E-state index in [0.717, 1.165) is 47.0 Å². The van der Waals surface area contributed by atoms with Crippen molar-refractivity contribution in [1.29, 1.82) is 0 Å². The van der Waals surface area contributed by atoms with Crippen LogP contribution < -0.4 is 10.1 Å². The second kappa shape index (κ2) is 9.52. The van der Waals surface area contributed by atoms with Gasteiger partial charge in [0.25, 0.3) is 5.91 Å². The van der Waals surface area contributed by atoms with Gasteiger partial charge in [0.05, 0.1) is 17.3 Å². The van der Waals surface area contributed by atoms with Gasteiger partial charge in [-0.25, -0.2) is 4.98 Å². The molecule has 1 aliphatic heterocycles. The van der Waals surface area contributed by atoms with Crippen molar-refractivity contribution in [3.8, 4) is 5.75 Å². The van der Waals surface area contributed by atoms with Gasteiger partial charge in [-0.1, -0.05) is 19.1 Å². The summed E-state index contributed by atoms with van der Waals surface area (Å²) in [6.07, 6.45) is 3.75. The minimum absolute atomic E-state index is 0.0193. The molecule has 0 aliphatic carbocycles. The molecule has 1 aromatic carbocycles. The highest BCUT2D eigenvalue weighted by Gasteiger charge is 2.35. The lowest BCUT2D eigenvalue weighted by Gasteiger charge is -2.38. The average Bonchev–Trinajstić information content (AvgIpc) is 3.08. The largest absolute Gasteiger partial charge is 0.494 e. The predicted octanol–water partition coefficient (Wildman–Crippen LogP) is 4.28. The monoisotopic (exact) mass is 402 g/mol. The van der Waals surface area contributed by atoms with Gasteiger partial charge in [0, 0.05) is 25.2 Å². The van der Waals surface area contributed by atoms with Crippen LogP contribution in [0.3, 0.4) is 0 Å². The summed E-state index contributed by atoms with van der Waals surface area (Å²) in [5.41, 5.74) is 1.95. The number of amides is 1. The van der Waals surface area contributed by atoms with E-state index < -0.39 is 0 Å². The number of carbonyl (C=O) groups excluding carboxylic acids is 1. The van der Waals surface area contributed by atoms with E-state index in [1.165, 1.54) is 16.9 Å². The molecule has 28 heavy (non-hydrogen) atoms. The summed E-state index contributed by atoms with van der Waals surface area (Å²) in [6, 6.07) is 8.28. The number of carbonyl (C=O) groups is 1. The molecule has 5 nitrogen and oxygen atoms in total. The smallest absolute Gasteiger partial charge is 0.263 e. The van der Waals surface area contributed by atoms with E-state index in [1.807, 2.05) is 26.0 Å². The molecule has 1 aromatic heterocycles. The van der Waals surface area contributed by atoms with Gasteiger partial charge in [0.2, 0.25) is 0 Å². The molecule has 3 rings (SSSR count). The maximum absolute atomic E-state index is 12.8. The summed E-state index contributed by atoms with van der Waals surface area (Å²) >= 11 is 1.52. The van der Waals surface area contributed by atoms with Crippen LogP contribution in [0, 0.1) is 6.92 Å². The van der Waals surface area contributed by atoms with Crippen molar-refractivity contribution in [2.45, 2.75) is 51.9 Å². The molecular formula is C22H30N2O3S. The summed E-state index contributed by atoms with van der Waals surface area (Å²) in [4.78, 5) is 18.1. The number of aromatic nitrogens is 1. The topological polar surface area (TPSA) is 60.5 Å². The van der Waals surface area contributed by atoms with Crippen molar-refractivity contribution in [2.24, 2.45) is 0 Å². The van der Waals surface area contributed by atoms with Crippen LogP contribution in [0.25, 0.3) is 0 Å². The molecule has 1 amide bonds. The fourth-order valence-electron chi connectivity index (χ4n) is 3.71. The molecule has 6 heteroatoms. The molecule has 2 heterocycles. The van der Waals surface area contributed by atoms with Gasteiger partial charge in [0.15, 0.2) is 0 Å². The van der Waals surface area contributed by atoms with Crippen LogP contribution in [-0.4, -0.2) is 37.3 Å². The lowest BCUT2D eigenvalue weighted by molar-refractivity contribution is 0.0487. The van der Waals surface area contributed by atoms with Crippen LogP contribution in [0.15, 0.2) is 24.3 Å². The Labute approximate surface area is 171 Å². The summed E-state index contributed by atoms with van der Waals surface area (Å²) in [6.45, 7) is 8.71. The van der Waals surface area contributed by atoms with Crippen LogP contribution in [-0.2, 0) is 16.6 Å². The maximum atomic E-state index is 12.8. The van der Waals surface area contributed by atoms with Gasteiger partial charge >= 0.3 is 0 Å². The molecule has 1 saturated heterocycles. The van der Waals surface area contributed by atoms with Crippen LogP contribution >= 0.6 is 11.3 Å². The van der Waals surface area contributed by atoms with Gasteiger partial charge in [-0.3, -0.25) is 4.79 Å². The molecule has 0 spiro atoms. The zero-order valence-electron chi connectivity index (χ0n) is 17.0. The van der Waals surface area contributed by atoms with E-state index >= 15 is 0 Å². The van der Waals surface area contributed by atoms with E-state index in [1.54, 1.807) is 0 Å². The average molecular weight is 403 g/mol. The first-order chi connectivity index (χ1) is 13.6. The van der Waals surface area contributed by atoms with Crippen molar-refractivity contribution in [3.63, 3.8) is 0 Å². The highest BCUT2D eigenvalue weighted by atomic mass is 32.1. The Kier molecular flexibility index (Phi) is 7.08. The van der Waals surface area contributed by atoms with Crippen molar-refractivity contribution < 1.29 is 14.3 Å². The SMILES string of the molecule is CCCc1nc(C)c(C(=O)NCC2(c3ccc(OCC)cc3)CCOCC2)s1.